The van der Waals surface area contributed by atoms with E-state index >= 15 is 0 Å². The molecule has 1 saturated heterocycles. The molecular weight excluding hydrogens is 364 g/mol. The Morgan fingerprint density at radius 1 is 1.08 bits per heavy atom. The molecule has 24 heavy (non-hydrogen) atoms. The van der Waals surface area contributed by atoms with Crippen molar-refractivity contribution >= 4 is 20.9 Å². The Balaban J connectivity index is 2.25. The first-order valence-electron chi connectivity index (χ1n) is 6.52. The fourth-order valence-electron chi connectivity index (χ4n) is 2.48. The van der Waals surface area contributed by atoms with Crippen LogP contribution in [-0.4, -0.2) is 30.7 Å². The molecule has 2 heterocycles. The number of nitrogens with zero attached hydrogens (tertiary/aromatic N) is 1. The van der Waals surface area contributed by atoms with E-state index in [0.29, 0.717) is 6.07 Å². The van der Waals surface area contributed by atoms with Crippen molar-refractivity contribution in [2.45, 2.75) is 17.7 Å². The van der Waals surface area contributed by atoms with Crippen LogP contribution >= 0.6 is 0 Å². The van der Waals surface area contributed by atoms with Gasteiger partial charge < -0.3 is 4.98 Å². The number of imidazole rings is 1. The number of fused-ring (bicyclic) bond motifs is 1. The Kier molecular flexibility index (Phi) is 3.61. The number of hydrogen-bond acceptors (Lipinski definition) is 4. The van der Waals surface area contributed by atoms with E-state index in [4.69, 9.17) is 0 Å². The first-order valence-corrected chi connectivity index (χ1v) is 8.24. The van der Waals surface area contributed by atoms with E-state index in [2.05, 4.69) is 15.3 Å². The van der Waals surface area contributed by atoms with Crippen LogP contribution in [0.15, 0.2) is 12.1 Å². The smallest absolute Gasteiger partial charge is 0.340 e. The second-order valence-electron chi connectivity index (χ2n) is 5.24. The second-order valence-corrected chi connectivity index (χ2v) is 7.44. The maximum absolute atomic E-state index is 13.1. The largest absolute Gasteiger partial charge is 0.418 e. The minimum Gasteiger partial charge on any atom is -0.340 e. The molecular formula is C12H9F6N3O2S. The van der Waals surface area contributed by atoms with Crippen LogP contribution in [0, 0.1) is 0 Å². The lowest BCUT2D eigenvalue weighted by molar-refractivity contribution is -0.142. The van der Waals surface area contributed by atoms with Crippen LogP contribution in [0.4, 0.5) is 26.3 Å². The number of sulfone groups is 1. The molecule has 2 aromatic rings. The lowest BCUT2D eigenvalue weighted by atomic mass is 10.1. The molecule has 1 aliphatic heterocycles. The van der Waals surface area contributed by atoms with Gasteiger partial charge in [-0.3, -0.25) is 5.32 Å². The van der Waals surface area contributed by atoms with Crippen LogP contribution in [0.3, 0.4) is 0 Å². The summed E-state index contributed by atoms with van der Waals surface area (Å²) in [5, 5.41) is 1.17. The highest BCUT2D eigenvalue weighted by atomic mass is 32.2. The van der Waals surface area contributed by atoms with Crippen LogP contribution in [0.2, 0.25) is 0 Å². The topological polar surface area (TPSA) is 74.8 Å². The molecule has 1 atom stereocenters. The molecule has 5 nitrogen and oxygen atoms in total. The minimum atomic E-state index is -5.08. The minimum absolute atomic E-state index is 0.0382. The summed E-state index contributed by atoms with van der Waals surface area (Å²) in [6.07, 6.45) is -10.1. The van der Waals surface area contributed by atoms with E-state index < -0.39 is 49.7 Å². The highest BCUT2D eigenvalue weighted by Gasteiger charge is 2.40. The zero-order chi connectivity index (χ0) is 17.9. The average Bonchev–Trinajstić information content (AvgIpc) is 2.96. The zero-order valence-electron chi connectivity index (χ0n) is 11.6. The van der Waals surface area contributed by atoms with Crippen molar-refractivity contribution in [3.05, 3.63) is 29.1 Å². The number of rotatable bonds is 1. The van der Waals surface area contributed by atoms with Crippen molar-refractivity contribution in [1.29, 1.82) is 0 Å². The molecule has 3 rings (SSSR count). The number of aromatic nitrogens is 2. The highest BCUT2D eigenvalue weighted by Crippen LogP contribution is 2.40. The van der Waals surface area contributed by atoms with Gasteiger partial charge in [-0.15, -0.1) is 0 Å². The van der Waals surface area contributed by atoms with Gasteiger partial charge in [0.2, 0.25) is 0 Å². The molecule has 1 aliphatic rings. The molecule has 1 aromatic carbocycles. The Hall–Kier alpha value is -1.82. The molecule has 0 bridgehead atoms. The number of alkyl halides is 6. The molecule has 2 N–H and O–H groups in total. The molecule has 0 amide bonds. The number of hydrogen-bond donors (Lipinski definition) is 2. The Morgan fingerprint density at radius 2 is 1.75 bits per heavy atom. The number of aromatic amines is 1. The fraction of sp³-hybridized carbons (Fsp3) is 0.417. The Labute approximate surface area is 131 Å². The molecule has 0 saturated carbocycles. The highest BCUT2D eigenvalue weighted by molar-refractivity contribution is 7.91. The summed E-state index contributed by atoms with van der Waals surface area (Å²) in [6.45, 7) is 0.0734. The maximum atomic E-state index is 13.1. The monoisotopic (exact) mass is 373 g/mol. The van der Waals surface area contributed by atoms with Gasteiger partial charge >= 0.3 is 12.4 Å². The number of benzene rings is 1. The average molecular weight is 373 g/mol. The summed E-state index contributed by atoms with van der Waals surface area (Å²) in [5.74, 6) is -0.610. The summed E-state index contributed by atoms with van der Waals surface area (Å²) >= 11 is 0. The maximum Gasteiger partial charge on any atom is 0.418 e. The van der Waals surface area contributed by atoms with E-state index in [0.717, 1.165) is 0 Å². The number of nitrogens with one attached hydrogen (secondary N) is 2. The van der Waals surface area contributed by atoms with E-state index in [-0.39, 0.29) is 24.2 Å². The van der Waals surface area contributed by atoms with E-state index in [1.165, 1.54) is 0 Å². The third kappa shape index (κ3) is 2.83. The van der Waals surface area contributed by atoms with E-state index in [1.807, 2.05) is 0 Å². The van der Waals surface area contributed by atoms with Crippen LogP contribution < -0.4 is 5.32 Å². The van der Waals surface area contributed by atoms with Gasteiger partial charge in [0.25, 0.3) is 0 Å². The molecule has 0 unspecified atom stereocenters. The summed E-state index contributed by atoms with van der Waals surface area (Å²) in [5.41, 5.74) is -4.37. The molecule has 0 spiro atoms. The summed E-state index contributed by atoms with van der Waals surface area (Å²) in [7, 11) is -3.68. The first kappa shape index (κ1) is 17.0. The van der Waals surface area contributed by atoms with Gasteiger partial charge in [0, 0.05) is 6.54 Å². The van der Waals surface area contributed by atoms with E-state index in [9.17, 15) is 34.8 Å². The standard InChI is InChI=1S/C12H9F6N3O2S/c13-11(14,15)5-3-6(12(16,17)18)8-7(4-5)20-9(21-8)10-19-1-2-24(10,22)23/h3-4,10,19H,1-2H2,(H,20,21)/t10-/m1/s1. The van der Waals surface area contributed by atoms with Crippen molar-refractivity contribution in [3.8, 4) is 0 Å². The molecule has 0 radical (unpaired) electrons. The van der Waals surface area contributed by atoms with Gasteiger partial charge in [-0.25, -0.2) is 13.4 Å². The molecule has 12 heteroatoms. The van der Waals surface area contributed by atoms with Crippen molar-refractivity contribution < 1.29 is 34.8 Å². The van der Waals surface area contributed by atoms with Gasteiger partial charge in [0.1, 0.15) is 11.3 Å². The van der Waals surface area contributed by atoms with Crippen LogP contribution in [0.5, 0.6) is 0 Å². The molecule has 1 aromatic heterocycles. The Morgan fingerprint density at radius 3 is 2.25 bits per heavy atom. The van der Waals surface area contributed by atoms with E-state index in [1.54, 1.807) is 0 Å². The van der Waals surface area contributed by atoms with Crippen molar-refractivity contribution in [2.75, 3.05) is 12.3 Å². The van der Waals surface area contributed by atoms with Crippen molar-refractivity contribution in [3.63, 3.8) is 0 Å². The zero-order valence-corrected chi connectivity index (χ0v) is 12.4. The summed E-state index contributed by atoms with van der Waals surface area (Å²) < 4.78 is 101. The van der Waals surface area contributed by atoms with Gasteiger partial charge in [0.15, 0.2) is 15.2 Å². The number of halogens is 6. The van der Waals surface area contributed by atoms with Crippen LogP contribution in [-0.2, 0) is 22.2 Å². The van der Waals surface area contributed by atoms with Crippen molar-refractivity contribution in [1.82, 2.24) is 15.3 Å². The van der Waals surface area contributed by atoms with Crippen molar-refractivity contribution in [2.24, 2.45) is 0 Å². The lowest BCUT2D eigenvalue weighted by Crippen LogP contribution is -2.19. The van der Waals surface area contributed by atoms with Gasteiger partial charge in [0.05, 0.1) is 22.4 Å². The summed E-state index contributed by atoms with van der Waals surface area (Å²) in [4.78, 5) is 5.86. The van der Waals surface area contributed by atoms with Gasteiger partial charge in [-0.05, 0) is 12.1 Å². The van der Waals surface area contributed by atoms with Crippen LogP contribution in [0.1, 0.15) is 22.3 Å². The predicted octanol–water partition coefficient (Wildman–Crippen LogP) is 2.62. The second kappa shape index (κ2) is 5.09. The third-order valence-corrected chi connectivity index (χ3v) is 5.44. The quantitative estimate of drug-likeness (QED) is 0.754. The molecule has 0 aliphatic carbocycles. The predicted molar refractivity (Wildman–Crippen MR) is 70.6 cm³/mol. The Bertz CT molecular complexity index is 900. The lowest BCUT2D eigenvalue weighted by Gasteiger charge is -2.11. The molecule has 1 fully saturated rings. The SMILES string of the molecule is O=S1(=O)CCN[C@H]1c1nc2c(C(F)(F)F)cc(C(F)(F)F)cc2[nH]1. The van der Waals surface area contributed by atoms with Gasteiger partial charge in [-0.1, -0.05) is 0 Å². The number of H-pyrrole nitrogens is 1. The van der Waals surface area contributed by atoms with Gasteiger partial charge in [-0.2, -0.15) is 26.3 Å². The normalized spacial score (nSPS) is 21.5. The first-order chi connectivity index (χ1) is 10.9. The third-order valence-electron chi connectivity index (χ3n) is 3.56. The fourth-order valence-corrected chi connectivity index (χ4v) is 3.95. The molecule has 132 valence electrons. The van der Waals surface area contributed by atoms with Crippen LogP contribution in [0.25, 0.3) is 11.0 Å². The summed E-state index contributed by atoms with van der Waals surface area (Å²) in [6, 6.07) is 0.437.